The van der Waals surface area contributed by atoms with Crippen molar-refractivity contribution in [3.63, 3.8) is 0 Å². The van der Waals surface area contributed by atoms with E-state index in [1.165, 1.54) is 36.4 Å². The van der Waals surface area contributed by atoms with Crippen LogP contribution in [-0.4, -0.2) is 40.7 Å². The first-order chi connectivity index (χ1) is 8.31. The van der Waals surface area contributed by atoms with Crippen molar-refractivity contribution in [1.29, 1.82) is 0 Å². The van der Waals surface area contributed by atoms with Gasteiger partial charge in [0.15, 0.2) is 0 Å². The van der Waals surface area contributed by atoms with Crippen molar-refractivity contribution in [1.82, 2.24) is 9.88 Å². The van der Waals surface area contributed by atoms with Gasteiger partial charge >= 0.3 is 0 Å². The Morgan fingerprint density at radius 2 is 2.41 bits per heavy atom. The van der Waals surface area contributed by atoms with E-state index in [0.717, 1.165) is 19.4 Å². The molecule has 0 aliphatic carbocycles. The lowest BCUT2D eigenvalue weighted by atomic mass is 9.99. The number of hydrogen-bond acceptors (Lipinski definition) is 4. The van der Waals surface area contributed by atoms with Gasteiger partial charge in [-0.05, 0) is 39.2 Å². The van der Waals surface area contributed by atoms with Crippen LogP contribution < -0.4 is 0 Å². The molecule has 0 bridgehead atoms. The lowest BCUT2D eigenvalue weighted by Gasteiger charge is -2.35. The van der Waals surface area contributed by atoms with E-state index in [2.05, 4.69) is 16.8 Å². The average molecular weight is 254 g/mol. The van der Waals surface area contributed by atoms with Crippen molar-refractivity contribution in [2.75, 3.05) is 19.7 Å². The zero-order valence-electron chi connectivity index (χ0n) is 10.6. The second kappa shape index (κ2) is 6.47. The van der Waals surface area contributed by atoms with Crippen molar-refractivity contribution >= 4 is 11.3 Å². The van der Waals surface area contributed by atoms with Crippen LogP contribution in [0.4, 0.5) is 0 Å². The number of aliphatic hydroxyl groups excluding tert-OH is 1. The number of nitrogens with zero attached hydrogens (tertiary/aromatic N) is 2. The Morgan fingerprint density at radius 3 is 3.12 bits per heavy atom. The van der Waals surface area contributed by atoms with Gasteiger partial charge in [-0.2, -0.15) is 0 Å². The highest BCUT2D eigenvalue weighted by molar-refractivity contribution is 7.09. The highest BCUT2D eigenvalue weighted by Gasteiger charge is 2.21. The van der Waals surface area contributed by atoms with Gasteiger partial charge in [0.25, 0.3) is 0 Å². The highest BCUT2D eigenvalue weighted by Crippen LogP contribution is 2.21. The summed E-state index contributed by atoms with van der Waals surface area (Å²) in [6.45, 7) is 4.73. The van der Waals surface area contributed by atoms with Crippen LogP contribution in [0, 0.1) is 6.92 Å². The summed E-state index contributed by atoms with van der Waals surface area (Å²) in [4.78, 5) is 8.27. The van der Waals surface area contributed by atoms with Crippen molar-refractivity contribution in [3.8, 4) is 0 Å². The molecule has 1 aromatic rings. The molecular weight excluding hydrogens is 232 g/mol. The van der Waals surface area contributed by atoms with Crippen LogP contribution in [0.1, 0.15) is 36.3 Å². The Labute approximate surface area is 107 Å². The zero-order valence-corrected chi connectivity index (χ0v) is 11.4. The van der Waals surface area contributed by atoms with E-state index in [-0.39, 0.29) is 0 Å². The molecule has 1 aromatic heterocycles. The number of aryl methyl sites for hydroxylation is 1. The summed E-state index contributed by atoms with van der Waals surface area (Å²) in [5, 5.41) is 9.10. The van der Waals surface area contributed by atoms with Crippen molar-refractivity contribution in [2.24, 2.45) is 0 Å². The van der Waals surface area contributed by atoms with Crippen LogP contribution in [0.25, 0.3) is 0 Å². The van der Waals surface area contributed by atoms with Crippen LogP contribution >= 0.6 is 11.3 Å². The summed E-state index contributed by atoms with van der Waals surface area (Å²) in [5.74, 6) is 0. The fourth-order valence-corrected chi connectivity index (χ4v) is 3.41. The van der Waals surface area contributed by atoms with Crippen LogP contribution in [0.3, 0.4) is 0 Å². The van der Waals surface area contributed by atoms with Gasteiger partial charge in [-0.15, -0.1) is 11.3 Å². The SMILES string of the molecule is Cc1ncsc1CCN1CCCCC1CCO. The standard InChI is InChI=1S/C13H22N2OS/c1-11-13(17-10-14-11)5-8-15-7-3-2-4-12(15)6-9-16/h10,12,16H,2-9H2,1H3. The summed E-state index contributed by atoms with van der Waals surface area (Å²) in [6, 6.07) is 0.599. The molecule has 1 saturated heterocycles. The number of likely N-dealkylation sites (tertiary alicyclic amines) is 1. The summed E-state index contributed by atoms with van der Waals surface area (Å²) in [7, 11) is 0. The van der Waals surface area contributed by atoms with Crippen LogP contribution in [0.5, 0.6) is 0 Å². The van der Waals surface area contributed by atoms with Gasteiger partial charge < -0.3 is 5.11 Å². The molecular formula is C13H22N2OS. The molecule has 2 heterocycles. The summed E-state index contributed by atoms with van der Waals surface area (Å²) >= 11 is 1.77. The first-order valence-corrected chi connectivity index (χ1v) is 7.43. The van der Waals surface area contributed by atoms with Gasteiger partial charge in [-0.25, -0.2) is 4.98 Å². The second-order valence-corrected chi connectivity index (χ2v) is 5.75. The number of piperidine rings is 1. The van der Waals surface area contributed by atoms with E-state index in [0.29, 0.717) is 12.6 Å². The quantitative estimate of drug-likeness (QED) is 0.875. The smallest absolute Gasteiger partial charge is 0.0797 e. The Hall–Kier alpha value is -0.450. The first kappa shape index (κ1) is 13.0. The average Bonchev–Trinajstić information content (AvgIpc) is 2.74. The molecule has 1 aliphatic heterocycles. The molecule has 2 rings (SSSR count). The fourth-order valence-electron chi connectivity index (χ4n) is 2.64. The topological polar surface area (TPSA) is 36.4 Å². The second-order valence-electron chi connectivity index (χ2n) is 4.81. The lowest BCUT2D eigenvalue weighted by molar-refractivity contribution is 0.121. The third-order valence-corrected chi connectivity index (χ3v) is 4.68. The van der Waals surface area contributed by atoms with Gasteiger partial charge in [-0.3, -0.25) is 4.90 Å². The Morgan fingerprint density at radius 1 is 1.53 bits per heavy atom. The van der Waals surface area contributed by atoms with E-state index in [1.54, 1.807) is 11.3 Å². The number of thiazole rings is 1. The fraction of sp³-hybridized carbons (Fsp3) is 0.769. The number of rotatable bonds is 5. The van der Waals surface area contributed by atoms with Crippen LogP contribution in [-0.2, 0) is 6.42 Å². The largest absolute Gasteiger partial charge is 0.396 e. The molecule has 1 fully saturated rings. The van der Waals surface area contributed by atoms with Gasteiger partial charge in [0.2, 0.25) is 0 Å². The van der Waals surface area contributed by atoms with Gasteiger partial charge in [-0.1, -0.05) is 6.42 Å². The highest BCUT2D eigenvalue weighted by atomic mass is 32.1. The summed E-state index contributed by atoms with van der Waals surface area (Å²) in [5.41, 5.74) is 3.12. The minimum atomic E-state index is 0.320. The Balaban J connectivity index is 1.86. The van der Waals surface area contributed by atoms with Crippen molar-refractivity contribution in [2.45, 2.75) is 45.1 Å². The molecule has 3 nitrogen and oxygen atoms in total. The number of aromatic nitrogens is 1. The van der Waals surface area contributed by atoms with E-state index >= 15 is 0 Å². The predicted molar refractivity (Wildman–Crippen MR) is 71.5 cm³/mol. The minimum Gasteiger partial charge on any atom is -0.396 e. The zero-order chi connectivity index (χ0) is 12.1. The monoisotopic (exact) mass is 254 g/mol. The molecule has 1 aliphatic rings. The Bertz CT molecular complexity index is 338. The van der Waals surface area contributed by atoms with E-state index in [4.69, 9.17) is 5.11 Å². The van der Waals surface area contributed by atoms with Gasteiger partial charge in [0, 0.05) is 24.1 Å². The molecule has 96 valence electrons. The Kier molecular flexibility index (Phi) is 4.95. The van der Waals surface area contributed by atoms with Crippen molar-refractivity contribution < 1.29 is 5.11 Å². The third kappa shape index (κ3) is 3.50. The van der Waals surface area contributed by atoms with Crippen LogP contribution in [0.15, 0.2) is 5.51 Å². The molecule has 17 heavy (non-hydrogen) atoms. The molecule has 0 saturated carbocycles. The summed E-state index contributed by atoms with van der Waals surface area (Å²) < 4.78 is 0. The van der Waals surface area contributed by atoms with E-state index < -0.39 is 0 Å². The normalized spacial score (nSPS) is 21.9. The maximum atomic E-state index is 9.10. The molecule has 0 radical (unpaired) electrons. The predicted octanol–water partition coefficient (Wildman–Crippen LogP) is 2.23. The van der Waals surface area contributed by atoms with E-state index in [1.807, 2.05) is 5.51 Å². The number of aliphatic hydroxyl groups is 1. The molecule has 0 aromatic carbocycles. The molecule has 0 amide bonds. The molecule has 1 unspecified atom stereocenters. The van der Waals surface area contributed by atoms with Gasteiger partial charge in [0.1, 0.15) is 0 Å². The maximum absolute atomic E-state index is 9.10. The maximum Gasteiger partial charge on any atom is 0.0797 e. The number of hydrogen-bond donors (Lipinski definition) is 1. The lowest BCUT2D eigenvalue weighted by Crippen LogP contribution is -2.41. The molecule has 4 heteroatoms. The van der Waals surface area contributed by atoms with Crippen LogP contribution in [0.2, 0.25) is 0 Å². The molecule has 1 N–H and O–H groups in total. The molecule has 1 atom stereocenters. The third-order valence-electron chi connectivity index (χ3n) is 3.68. The van der Waals surface area contributed by atoms with Gasteiger partial charge in [0.05, 0.1) is 11.2 Å². The first-order valence-electron chi connectivity index (χ1n) is 6.55. The minimum absolute atomic E-state index is 0.320. The van der Waals surface area contributed by atoms with Crippen molar-refractivity contribution in [3.05, 3.63) is 16.1 Å². The van der Waals surface area contributed by atoms with E-state index in [9.17, 15) is 0 Å². The molecule has 0 spiro atoms. The summed E-state index contributed by atoms with van der Waals surface area (Å²) in [6.07, 6.45) is 5.92.